The van der Waals surface area contributed by atoms with Crippen molar-refractivity contribution < 1.29 is 8.78 Å². The van der Waals surface area contributed by atoms with Crippen LogP contribution in [-0.4, -0.2) is 12.3 Å². The lowest BCUT2D eigenvalue weighted by Gasteiger charge is -2.06. The van der Waals surface area contributed by atoms with Gasteiger partial charge in [0, 0.05) is 0 Å². The molecule has 0 aliphatic heterocycles. The first-order valence-electron chi connectivity index (χ1n) is 3.98. The lowest BCUT2D eigenvalue weighted by Crippen LogP contribution is -2.14. The van der Waals surface area contributed by atoms with Crippen molar-refractivity contribution in [3.8, 4) is 0 Å². The Morgan fingerprint density at radius 2 is 1.30 bits per heavy atom. The Balaban J connectivity index is 2.38. The van der Waals surface area contributed by atoms with E-state index in [9.17, 15) is 8.78 Å². The Morgan fingerprint density at radius 3 is 1.70 bits per heavy atom. The summed E-state index contributed by atoms with van der Waals surface area (Å²) < 4.78 is 25.3. The minimum Gasteiger partial charge on any atom is -0.244 e. The van der Waals surface area contributed by atoms with Crippen molar-refractivity contribution in [1.29, 1.82) is 0 Å². The molecule has 0 aromatic heterocycles. The van der Waals surface area contributed by atoms with Crippen molar-refractivity contribution in [1.82, 2.24) is 0 Å². The maximum atomic E-state index is 12.6. The van der Waals surface area contributed by atoms with E-state index in [1.54, 1.807) is 0 Å². The molecule has 0 amide bonds. The van der Waals surface area contributed by atoms with Gasteiger partial charge in [0.1, 0.15) is 12.3 Å². The molecule has 0 N–H and O–H groups in total. The van der Waals surface area contributed by atoms with Crippen LogP contribution in [0.1, 0.15) is 32.6 Å². The van der Waals surface area contributed by atoms with Gasteiger partial charge in [-0.25, -0.2) is 8.78 Å². The number of hydrogen-bond acceptors (Lipinski definition) is 0. The molecule has 60 valence electrons. The fourth-order valence-electron chi connectivity index (χ4n) is 1.39. The first-order chi connectivity index (χ1) is 4.70. The first-order valence-corrected chi connectivity index (χ1v) is 3.98. The van der Waals surface area contributed by atoms with E-state index in [4.69, 9.17) is 0 Å². The van der Waals surface area contributed by atoms with Crippen LogP contribution in [-0.2, 0) is 0 Å². The molecule has 1 aliphatic rings. The standard InChI is InChI=1S/C8H14F2/c1-6-2-4-7(9)8(10)5-3-6/h6-8H,2-5H2,1H3/t6?,7-,8?/m1/s1. The summed E-state index contributed by atoms with van der Waals surface area (Å²) in [5.74, 6) is 0.513. The number of hydrogen-bond donors (Lipinski definition) is 0. The van der Waals surface area contributed by atoms with Gasteiger partial charge in [-0.15, -0.1) is 0 Å². The van der Waals surface area contributed by atoms with Crippen LogP contribution in [0.4, 0.5) is 8.78 Å². The molecule has 2 heteroatoms. The van der Waals surface area contributed by atoms with E-state index >= 15 is 0 Å². The van der Waals surface area contributed by atoms with Gasteiger partial charge in [-0.05, 0) is 31.6 Å². The lowest BCUT2D eigenvalue weighted by molar-refractivity contribution is 0.158. The van der Waals surface area contributed by atoms with Crippen LogP contribution in [0.25, 0.3) is 0 Å². The van der Waals surface area contributed by atoms with Gasteiger partial charge in [0.05, 0.1) is 0 Å². The third-order valence-corrected chi connectivity index (χ3v) is 2.26. The van der Waals surface area contributed by atoms with E-state index in [1.807, 2.05) is 0 Å². The number of halogens is 2. The first kappa shape index (κ1) is 7.96. The van der Waals surface area contributed by atoms with Gasteiger partial charge in [-0.3, -0.25) is 0 Å². The Labute approximate surface area is 60.6 Å². The summed E-state index contributed by atoms with van der Waals surface area (Å²) in [6, 6.07) is 0. The van der Waals surface area contributed by atoms with Gasteiger partial charge in [-0.1, -0.05) is 6.92 Å². The summed E-state index contributed by atoms with van der Waals surface area (Å²) in [5.41, 5.74) is 0. The predicted molar refractivity (Wildman–Crippen MR) is 37.4 cm³/mol. The van der Waals surface area contributed by atoms with E-state index in [-0.39, 0.29) is 0 Å². The molecule has 0 bridgehead atoms. The maximum Gasteiger partial charge on any atom is 0.131 e. The Morgan fingerprint density at radius 1 is 0.900 bits per heavy atom. The maximum absolute atomic E-state index is 12.6. The highest BCUT2D eigenvalue weighted by atomic mass is 19.2. The molecule has 0 aromatic carbocycles. The Bertz CT molecular complexity index is 91.4. The molecule has 1 aliphatic carbocycles. The number of alkyl halides is 2. The molecule has 1 fully saturated rings. The highest BCUT2D eigenvalue weighted by Crippen LogP contribution is 2.26. The molecule has 2 unspecified atom stereocenters. The van der Waals surface area contributed by atoms with Gasteiger partial charge >= 0.3 is 0 Å². The van der Waals surface area contributed by atoms with Gasteiger partial charge in [0.2, 0.25) is 0 Å². The van der Waals surface area contributed by atoms with Crippen LogP contribution >= 0.6 is 0 Å². The van der Waals surface area contributed by atoms with E-state index in [0.717, 1.165) is 12.8 Å². The lowest BCUT2D eigenvalue weighted by atomic mass is 10.0. The smallest absolute Gasteiger partial charge is 0.131 e. The monoisotopic (exact) mass is 148 g/mol. The normalized spacial score (nSPS) is 42.9. The summed E-state index contributed by atoms with van der Waals surface area (Å²) in [6.07, 6.45) is 0.156. The molecule has 0 radical (unpaired) electrons. The number of rotatable bonds is 0. The second kappa shape index (κ2) is 3.31. The van der Waals surface area contributed by atoms with Crippen molar-refractivity contribution >= 4 is 0 Å². The quantitative estimate of drug-likeness (QED) is 0.463. The molecule has 0 spiro atoms. The molecule has 0 nitrogen and oxygen atoms in total. The minimum absolute atomic E-state index is 0.419. The summed E-state index contributed by atoms with van der Waals surface area (Å²) >= 11 is 0. The van der Waals surface area contributed by atoms with Gasteiger partial charge in [0.25, 0.3) is 0 Å². The SMILES string of the molecule is CC1CCC(F)[C@H](F)CC1. The van der Waals surface area contributed by atoms with Gasteiger partial charge < -0.3 is 0 Å². The van der Waals surface area contributed by atoms with Crippen molar-refractivity contribution in [3.05, 3.63) is 0 Å². The summed E-state index contributed by atoms with van der Waals surface area (Å²) in [6.45, 7) is 2.06. The predicted octanol–water partition coefficient (Wildman–Crippen LogP) is 2.87. The molecule has 0 heterocycles. The van der Waals surface area contributed by atoms with Crippen LogP contribution < -0.4 is 0 Å². The molecule has 1 rings (SSSR count). The Kier molecular flexibility index (Phi) is 2.64. The largest absolute Gasteiger partial charge is 0.244 e. The molecule has 1 saturated carbocycles. The summed E-state index contributed by atoms with van der Waals surface area (Å²) in [4.78, 5) is 0. The second-order valence-corrected chi connectivity index (χ2v) is 3.29. The molecular weight excluding hydrogens is 134 g/mol. The van der Waals surface area contributed by atoms with Crippen molar-refractivity contribution in [2.45, 2.75) is 45.0 Å². The van der Waals surface area contributed by atoms with Crippen LogP contribution in [0.2, 0.25) is 0 Å². The third-order valence-electron chi connectivity index (χ3n) is 2.26. The summed E-state index contributed by atoms with van der Waals surface area (Å²) in [7, 11) is 0. The molecule has 10 heavy (non-hydrogen) atoms. The van der Waals surface area contributed by atoms with Crippen molar-refractivity contribution in [2.24, 2.45) is 5.92 Å². The Hall–Kier alpha value is -0.140. The van der Waals surface area contributed by atoms with Gasteiger partial charge in [0.15, 0.2) is 0 Å². The zero-order valence-electron chi connectivity index (χ0n) is 6.32. The zero-order valence-corrected chi connectivity index (χ0v) is 6.32. The van der Waals surface area contributed by atoms with E-state index < -0.39 is 12.3 Å². The topological polar surface area (TPSA) is 0 Å². The van der Waals surface area contributed by atoms with Crippen molar-refractivity contribution in [3.63, 3.8) is 0 Å². The van der Waals surface area contributed by atoms with E-state index in [1.165, 1.54) is 0 Å². The second-order valence-electron chi connectivity index (χ2n) is 3.29. The highest BCUT2D eigenvalue weighted by Gasteiger charge is 2.24. The average Bonchev–Trinajstić information content (AvgIpc) is 2.04. The highest BCUT2D eigenvalue weighted by molar-refractivity contribution is 4.74. The average molecular weight is 148 g/mol. The third kappa shape index (κ3) is 1.93. The van der Waals surface area contributed by atoms with Crippen molar-refractivity contribution in [2.75, 3.05) is 0 Å². The van der Waals surface area contributed by atoms with E-state index in [0.29, 0.717) is 18.8 Å². The molecular formula is C8H14F2. The molecule has 0 saturated heterocycles. The molecule has 3 atom stereocenters. The zero-order chi connectivity index (χ0) is 7.56. The van der Waals surface area contributed by atoms with Crippen LogP contribution in [0.15, 0.2) is 0 Å². The minimum atomic E-state index is -1.19. The van der Waals surface area contributed by atoms with Crippen LogP contribution in [0.5, 0.6) is 0 Å². The fraction of sp³-hybridized carbons (Fsp3) is 1.00. The molecule has 0 aromatic rings. The summed E-state index contributed by atoms with van der Waals surface area (Å²) in [5, 5.41) is 0. The van der Waals surface area contributed by atoms with Crippen LogP contribution in [0, 0.1) is 5.92 Å². The van der Waals surface area contributed by atoms with E-state index in [2.05, 4.69) is 6.92 Å². The van der Waals surface area contributed by atoms with Gasteiger partial charge in [-0.2, -0.15) is 0 Å². The van der Waals surface area contributed by atoms with Crippen LogP contribution in [0.3, 0.4) is 0 Å². The fourth-order valence-corrected chi connectivity index (χ4v) is 1.39.